The van der Waals surface area contributed by atoms with Crippen LogP contribution >= 0.6 is 0 Å². The highest BCUT2D eigenvalue weighted by Gasteiger charge is 2.54. The molecule has 1 fully saturated rings. The van der Waals surface area contributed by atoms with Gasteiger partial charge in [-0.3, -0.25) is 4.79 Å². The first-order valence-electron chi connectivity index (χ1n) is 5.51. The van der Waals surface area contributed by atoms with E-state index in [2.05, 4.69) is 11.9 Å². The molecule has 1 saturated heterocycles. The van der Waals surface area contributed by atoms with Crippen LogP contribution in [0.25, 0.3) is 0 Å². The van der Waals surface area contributed by atoms with E-state index < -0.39 is 30.6 Å². The number of aliphatic hydroxyl groups excluding tert-OH is 2. The molecule has 0 spiro atoms. The molecule has 4 atom stereocenters. The molecule has 0 radical (unpaired) electrons. The molecule has 100 valence electrons. The second kappa shape index (κ2) is 4.36. The maximum atomic E-state index is 11.1. The predicted octanol–water partition coefficient (Wildman–Crippen LogP) is -1.77. The highest BCUT2D eigenvalue weighted by molar-refractivity contribution is 5.89. The molecule has 7 nitrogen and oxygen atoms in total. The van der Waals surface area contributed by atoms with Gasteiger partial charge in [0, 0.05) is 12.3 Å². The maximum Gasteiger partial charge on any atom is 0.250 e. The van der Waals surface area contributed by atoms with Crippen molar-refractivity contribution in [2.45, 2.75) is 31.0 Å². The van der Waals surface area contributed by atoms with Gasteiger partial charge in [0.2, 0.25) is 0 Å². The molecule has 2 rings (SSSR count). The van der Waals surface area contributed by atoms with E-state index in [1.807, 2.05) is 0 Å². The van der Waals surface area contributed by atoms with E-state index in [4.69, 9.17) is 9.84 Å². The SMILES string of the molecule is C=C1NC(=O)C=CN1[C@@H]1O[C@H](CO)[C@@H](O)[C@@]1(C)O. The van der Waals surface area contributed by atoms with E-state index in [-0.39, 0.29) is 11.7 Å². The third kappa shape index (κ3) is 1.91. The number of nitrogens with zero attached hydrogens (tertiary/aromatic N) is 1. The summed E-state index contributed by atoms with van der Waals surface area (Å²) in [5.74, 6) is -0.0910. The fourth-order valence-corrected chi connectivity index (χ4v) is 2.10. The van der Waals surface area contributed by atoms with Crippen molar-refractivity contribution >= 4 is 5.91 Å². The molecule has 0 unspecified atom stereocenters. The van der Waals surface area contributed by atoms with Crippen LogP contribution in [-0.4, -0.2) is 56.8 Å². The second-order valence-corrected chi connectivity index (χ2v) is 4.54. The number of nitrogens with one attached hydrogen (secondary N) is 1. The predicted molar refractivity (Wildman–Crippen MR) is 60.6 cm³/mol. The third-order valence-electron chi connectivity index (χ3n) is 3.15. The van der Waals surface area contributed by atoms with Crippen LogP contribution in [0.15, 0.2) is 24.7 Å². The molecule has 0 bridgehead atoms. The van der Waals surface area contributed by atoms with E-state index in [1.54, 1.807) is 0 Å². The fraction of sp³-hybridized carbons (Fsp3) is 0.545. The summed E-state index contributed by atoms with van der Waals surface area (Å²) in [6.45, 7) is 4.63. The normalized spacial score (nSPS) is 40.2. The zero-order chi connectivity index (χ0) is 13.5. The van der Waals surface area contributed by atoms with Crippen LogP contribution in [0.3, 0.4) is 0 Å². The zero-order valence-electron chi connectivity index (χ0n) is 9.91. The highest BCUT2D eigenvalue weighted by Crippen LogP contribution is 2.34. The quantitative estimate of drug-likeness (QED) is 0.466. The van der Waals surface area contributed by atoms with Crippen LogP contribution in [0.1, 0.15) is 6.92 Å². The summed E-state index contributed by atoms with van der Waals surface area (Å²) in [4.78, 5) is 12.5. The van der Waals surface area contributed by atoms with Crippen molar-refractivity contribution in [1.82, 2.24) is 10.2 Å². The van der Waals surface area contributed by atoms with Crippen molar-refractivity contribution in [2.75, 3.05) is 6.61 Å². The van der Waals surface area contributed by atoms with E-state index in [0.29, 0.717) is 0 Å². The number of hydrogen-bond acceptors (Lipinski definition) is 6. The van der Waals surface area contributed by atoms with Gasteiger partial charge in [0.15, 0.2) is 6.23 Å². The largest absolute Gasteiger partial charge is 0.394 e. The first-order chi connectivity index (χ1) is 8.37. The lowest BCUT2D eigenvalue weighted by molar-refractivity contribution is -0.124. The number of aliphatic hydroxyl groups is 3. The molecule has 1 amide bonds. The van der Waals surface area contributed by atoms with Gasteiger partial charge in [0.25, 0.3) is 5.91 Å². The Labute approximate surface area is 104 Å². The molecular weight excluding hydrogens is 240 g/mol. The summed E-state index contributed by atoms with van der Waals surface area (Å²) in [6.07, 6.45) is -0.385. The Morgan fingerprint density at radius 3 is 2.83 bits per heavy atom. The van der Waals surface area contributed by atoms with Crippen LogP contribution in [-0.2, 0) is 9.53 Å². The van der Waals surface area contributed by atoms with Crippen LogP contribution in [0, 0.1) is 0 Å². The number of carbonyl (C=O) groups is 1. The summed E-state index contributed by atoms with van der Waals surface area (Å²) in [5.41, 5.74) is -1.59. The van der Waals surface area contributed by atoms with Gasteiger partial charge in [-0.1, -0.05) is 6.58 Å². The van der Waals surface area contributed by atoms with Gasteiger partial charge in [0.05, 0.1) is 6.61 Å². The van der Waals surface area contributed by atoms with Crippen LogP contribution < -0.4 is 5.32 Å². The average molecular weight is 256 g/mol. The van der Waals surface area contributed by atoms with Gasteiger partial charge in [-0.05, 0) is 6.92 Å². The summed E-state index contributed by atoms with van der Waals surface area (Å²) in [6, 6.07) is 0. The summed E-state index contributed by atoms with van der Waals surface area (Å²) in [5, 5.41) is 31.6. The first kappa shape index (κ1) is 13.0. The number of ether oxygens (including phenoxy) is 1. The Bertz CT molecular complexity index is 406. The van der Waals surface area contributed by atoms with Crippen LogP contribution in [0.2, 0.25) is 0 Å². The van der Waals surface area contributed by atoms with Crippen molar-refractivity contribution in [1.29, 1.82) is 0 Å². The van der Waals surface area contributed by atoms with Crippen molar-refractivity contribution in [3.05, 3.63) is 24.7 Å². The minimum absolute atomic E-state index is 0.235. The molecule has 2 aliphatic rings. The molecule has 2 aliphatic heterocycles. The summed E-state index contributed by atoms with van der Waals surface area (Å²) < 4.78 is 5.40. The number of amides is 1. The van der Waals surface area contributed by atoms with Gasteiger partial charge in [-0.25, -0.2) is 0 Å². The molecule has 0 aromatic carbocycles. The van der Waals surface area contributed by atoms with Crippen molar-refractivity contribution in [3.63, 3.8) is 0 Å². The molecule has 18 heavy (non-hydrogen) atoms. The summed E-state index contributed by atoms with van der Waals surface area (Å²) >= 11 is 0. The highest BCUT2D eigenvalue weighted by atomic mass is 16.6. The smallest absolute Gasteiger partial charge is 0.250 e. The standard InChI is InChI=1S/C11H16N2O5/c1-6-12-8(15)3-4-13(6)10-11(2,17)9(16)7(5-14)18-10/h3-4,7,9-10,14,16-17H,1,5H2,2H3,(H,12,15)/t7-,9-,10-,11-/m1/s1. The topological polar surface area (TPSA) is 102 Å². The zero-order valence-corrected chi connectivity index (χ0v) is 9.91. The minimum Gasteiger partial charge on any atom is -0.394 e. The number of rotatable bonds is 2. The molecule has 7 heteroatoms. The van der Waals surface area contributed by atoms with Gasteiger partial charge < -0.3 is 30.3 Å². The first-order valence-corrected chi connectivity index (χ1v) is 5.51. The second-order valence-electron chi connectivity index (χ2n) is 4.54. The molecular formula is C11H16N2O5. The van der Waals surface area contributed by atoms with E-state index in [9.17, 15) is 15.0 Å². The molecule has 0 aromatic heterocycles. The van der Waals surface area contributed by atoms with Gasteiger partial charge in [0.1, 0.15) is 23.6 Å². The van der Waals surface area contributed by atoms with Gasteiger partial charge >= 0.3 is 0 Å². The Hall–Kier alpha value is -1.41. The molecule has 0 aliphatic carbocycles. The fourth-order valence-electron chi connectivity index (χ4n) is 2.10. The minimum atomic E-state index is -1.59. The maximum absolute atomic E-state index is 11.1. The lowest BCUT2D eigenvalue weighted by Crippen LogP contribution is -2.53. The molecule has 0 aromatic rings. The van der Waals surface area contributed by atoms with Crippen LogP contribution in [0.4, 0.5) is 0 Å². The van der Waals surface area contributed by atoms with Crippen molar-refractivity contribution < 1.29 is 24.9 Å². The third-order valence-corrected chi connectivity index (χ3v) is 3.15. The van der Waals surface area contributed by atoms with Crippen LogP contribution in [0.5, 0.6) is 0 Å². The van der Waals surface area contributed by atoms with E-state index in [0.717, 1.165) is 0 Å². The Morgan fingerprint density at radius 1 is 1.67 bits per heavy atom. The molecule has 0 saturated carbocycles. The van der Waals surface area contributed by atoms with Crippen molar-refractivity contribution in [2.24, 2.45) is 0 Å². The number of hydrogen-bond donors (Lipinski definition) is 4. The number of carbonyl (C=O) groups excluding carboxylic acids is 1. The lowest BCUT2D eigenvalue weighted by Gasteiger charge is -2.37. The average Bonchev–Trinajstić information content (AvgIpc) is 2.52. The Kier molecular flexibility index (Phi) is 3.16. The molecule has 4 N–H and O–H groups in total. The van der Waals surface area contributed by atoms with E-state index in [1.165, 1.54) is 24.1 Å². The molecule has 2 heterocycles. The van der Waals surface area contributed by atoms with Gasteiger partial charge in [-0.2, -0.15) is 0 Å². The van der Waals surface area contributed by atoms with Crippen molar-refractivity contribution in [3.8, 4) is 0 Å². The summed E-state index contributed by atoms with van der Waals surface area (Å²) in [7, 11) is 0. The monoisotopic (exact) mass is 256 g/mol. The van der Waals surface area contributed by atoms with E-state index >= 15 is 0 Å². The van der Waals surface area contributed by atoms with Gasteiger partial charge in [-0.15, -0.1) is 0 Å². The Morgan fingerprint density at radius 2 is 2.33 bits per heavy atom. The lowest BCUT2D eigenvalue weighted by atomic mass is 9.96. The Balaban J connectivity index is 2.26.